The van der Waals surface area contributed by atoms with Gasteiger partial charge < -0.3 is 14.6 Å². The van der Waals surface area contributed by atoms with E-state index in [0.29, 0.717) is 12.2 Å². The molecule has 152 valence electrons. The first-order valence-electron chi connectivity index (χ1n) is 10.5. The molecule has 0 saturated carbocycles. The van der Waals surface area contributed by atoms with Crippen molar-refractivity contribution in [2.24, 2.45) is 0 Å². The number of nitrogens with zero attached hydrogens (tertiary/aromatic N) is 4. The van der Waals surface area contributed by atoms with Crippen LogP contribution >= 0.6 is 0 Å². The van der Waals surface area contributed by atoms with Gasteiger partial charge in [0.1, 0.15) is 5.65 Å². The zero-order valence-corrected chi connectivity index (χ0v) is 17.3. The largest absolute Gasteiger partial charge is 0.337 e. The molecule has 0 spiro atoms. The minimum absolute atomic E-state index is 0.0597. The fraction of sp³-hybridized carbons (Fsp3) is 0.435. The van der Waals surface area contributed by atoms with Gasteiger partial charge in [-0.3, -0.25) is 9.78 Å². The summed E-state index contributed by atoms with van der Waals surface area (Å²) in [4.78, 5) is 24.2. The molecule has 4 rings (SSSR count). The Labute approximate surface area is 172 Å². The fourth-order valence-corrected chi connectivity index (χ4v) is 4.06. The van der Waals surface area contributed by atoms with E-state index in [1.54, 1.807) is 6.20 Å². The predicted molar refractivity (Wildman–Crippen MR) is 114 cm³/mol. The van der Waals surface area contributed by atoms with Crippen LogP contribution in [0.1, 0.15) is 53.5 Å². The first-order valence-corrected chi connectivity index (χ1v) is 10.5. The minimum atomic E-state index is 0.0597. The normalized spacial score (nSPS) is 15.6. The van der Waals surface area contributed by atoms with Crippen LogP contribution in [0.5, 0.6) is 0 Å². The second kappa shape index (κ2) is 8.74. The highest BCUT2D eigenvalue weighted by atomic mass is 16.2. The maximum atomic E-state index is 13.3. The molecule has 1 aliphatic heterocycles. The van der Waals surface area contributed by atoms with Crippen molar-refractivity contribution in [3.63, 3.8) is 0 Å². The fourth-order valence-electron chi connectivity index (χ4n) is 4.06. The summed E-state index contributed by atoms with van der Waals surface area (Å²) in [5, 5.41) is 3.58. The Kier molecular flexibility index (Phi) is 5.90. The van der Waals surface area contributed by atoms with Crippen molar-refractivity contribution in [1.29, 1.82) is 0 Å². The van der Waals surface area contributed by atoms with Gasteiger partial charge in [0.05, 0.1) is 5.69 Å². The first kappa shape index (κ1) is 19.6. The van der Waals surface area contributed by atoms with Crippen LogP contribution in [0.3, 0.4) is 0 Å². The molecule has 29 heavy (non-hydrogen) atoms. The molecule has 6 heteroatoms. The van der Waals surface area contributed by atoms with Crippen LogP contribution in [-0.2, 0) is 13.0 Å². The molecule has 1 N–H and O–H groups in total. The van der Waals surface area contributed by atoms with Crippen molar-refractivity contribution in [2.45, 2.75) is 52.1 Å². The molecule has 3 aromatic heterocycles. The number of fused-ring (bicyclic) bond motifs is 1. The molecule has 0 aliphatic carbocycles. The van der Waals surface area contributed by atoms with Crippen LogP contribution in [0.15, 0.2) is 42.9 Å². The number of nitrogens with one attached hydrogen (secondary N) is 1. The second-order valence-corrected chi connectivity index (χ2v) is 7.99. The number of carbonyl (C=O) groups is 1. The molecule has 1 amide bonds. The van der Waals surface area contributed by atoms with E-state index in [-0.39, 0.29) is 11.9 Å². The summed E-state index contributed by atoms with van der Waals surface area (Å²) in [5.41, 5.74) is 4.67. The molecule has 3 aromatic rings. The zero-order valence-electron chi connectivity index (χ0n) is 17.3. The number of imidazole rings is 1. The van der Waals surface area contributed by atoms with Crippen LogP contribution < -0.4 is 5.32 Å². The van der Waals surface area contributed by atoms with Crippen LogP contribution in [-0.4, -0.2) is 44.3 Å². The van der Waals surface area contributed by atoms with E-state index in [2.05, 4.69) is 27.7 Å². The summed E-state index contributed by atoms with van der Waals surface area (Å²) in [7, 11) is 0. The third kappa shape index (κ3) is 4.32. The number of hydrogen-bond acceptors (Lipinski definition) is 4. The van der Waals surface area contributed by atoms with E-state index in [0.717, 1.165) is 49.3 Å². The molecule has 1 aliphatic rings. The Balaban J connectivity index is 1.58. The molecule has 0 aromatic carbocycles. The lowest BCUT2D eigenvalue weighted by Gasteiger charge is -2.26. The molecular formula is C23H29N5O. The molecule has 0 unspecified atom stereocenters. The SMILES string of the molecule is Cc1cccn2c(CN[C@H](C)Cc3cccnc3)c(C(=O)N3CCCCC3)nc12. The topological polar surface area (TPSA) is 62.5 Å². The van der Waals surface area contributed by atoms with Crippen LogP contribution in [0, 0.1) is 6.92 Å². The quantitative estimate of drug-likeness (QED) is 0.700. The monoisotopic (exact) mass is 391 g/mol. The molecule has 1 saturated heterocycles. The molecule has 1 fully saturated rings. The lowest BCUT2D eigenvalue weighted by Crippen LogP contribution is -2.37. The van der Waals surface area contributed by atoms with E-state index >= 15 is 0 Å². The van der Waals surface area contributed by atoms with E-state index < -0.39 is 0 Å². The van der Waals surface area contributed by atoms with Gasteiger partial charge in [0.2, 0.25) is 0 Å². The van der Waals surface area contributed by atoms with E-state index in [1.165, 1.54) is 12.0 Å². The number of aryl methyl sites for hydroxylation is 1. The summed E-state index contributed by atoms with van der Waals surface area (Å²) in [6, 6.07) is 8.37. The summed E-state index contributed by atoms with van der Waals surface area (Å²) in [6.07, 6.45) is 9.95. The van der Waals surface area contributed by atoms with Gasteiger partial charge in [-0.2, -0.15) is 0 Å². The van der Waals surface area contributed by atoms with Gasteiger partial charge in [0.25, 0.3) is 5.91 Å². The van der Waals surface area contributed by atoms with Crippen LogP contribution in [0.2, 0.25) is 0 Å². The number of amides is 1. The summed E-state index contributed by atoms with van der Waals surface area (Å²) in [6.45, 7) is 6.46. The summed E-state index contributed by atoms with van der Waals surface area (Å²) >= 11 is 0. The third-order valence-electron chi connectivity index (χ3n) is 5.67. The van der Waals surface area contributed by atoms with Gasteiger partial charge >= 0.3 is 0 Å². The lowest BCUT2D eigenvalue weighted by molar-refractivity contribution is 0.0717. The van der Waals surface area contributed by atoms with Crippen molar-refractivity contribution < 1.29 is 4.79 Å². The average molecular weight is 392 g/mol. The van der Waals surface area contributed by atoms with Crippen LogP contribution in [0.25, 0.3) is 5.65 Å². The Morgan fingerprint density at radius 3 is 2.79 bits per heavy atom. The number of likely N-dealkylation sites (tertiary alicyclic amines) is 1. The number of piperidine rings is 1. The van der Waals surface area contributed by atoms with E-state index in [4.69, 9.17) is 4.98 Å². The van der Waals surface area contributed by atoms with Crippen molar-refractivity contribution in [3.8, 4) is 0 Å². The first-order chi connectivity index (χ1) is 14.1. The van der Waals surface area contributed by atoms with Crippen molar-refractivity contribution in [3.05, 3.63) is 65.4 Å². The van der Waals surface area contributed by atoms with Gasteiger partial charge in [-0.05, 0) is 62.8 Å². The Bertz CT molecular complexity index is 976. The van der Waals surface area contributed by atoms with Gasteiger partial charge in [-0.15, -0.1) is 0 Å². The molecule has 1 atom stereocenters. The van der Waals surface area contributed by atoms with Crippen molar-refractivity contribution >= 4 is 11.6 Å². The number of carbonyl (C=O) groups excluding carboxylic acids is 1. The van der Waals surface area contributed by atoms with Crippen molar-refractivity contribution in [1.82, 2.24) is 24.6 Å². The Hall–Kier alpha value is -2.73. The van der Waals surface area contributed by atoms with Gasteiger partial charge in [-0.1, -0.05) is 12.1 Å². The maximum absolute atomic E-state index is 13.3. The number of aromatic nitrogens is 3. The standard InChI is InChI=1S/C23H29N5O/c1-17-8-7-13-28-20(16-25-18(2)14-19-9-6-10-24-15-19)21(26-22(17)28)23(29)27-11-4-3-5-12-27/h6-10,13,15,18,25H,3-5,11-12,14,16H2,1-2H3/t18-/m1/s1. The number of pyridine rings is 2. The van der Waals surface area contributed by atoms with Crippen molar-refractivity contribution in [2.75, 3.05) is 13.1 Å². The Morgan fingerprint density at radius 2 is 2.03 bits per heavy atom. The molecule has 0 bridgehead atoms. The second-order valence-electron chi connectivity index (χ2n) is 7.99. The third-order valence-corrected chi connectivity index (χ3v) is 5.67. The maximum Gasteiger partial charge on any atom is 0.274 e. The lowest BCUT2D eigenvalue weighted by atomic mass is 10.1. The molecule has 6 nitrogen and oxygen atoms in total. The van der Waals surface area contributed by atoms with E-state index in [1.807, 2.05) is 42.4 Å². The molecular weight excluding hydrogens is 362 g/mol. The van der Waals surface area contributed by atoms with Gasteiger partial charge in [0.15, 0.2) is 5.69 Å². The predicted octanol–water partition coefficient (Wildman–Crippen LogP) is 3.38. The number of rotatable bonds is 6. The van der Waals surface area contributed by atoms with Gasteiger partial charge in [0, 0.05) is 44.3 Å². The van der Waals surface area contributed by atoms with E-state index in [9.17, 15) is 4.79 Å². The molecule has 4 heterocycles. The summed E-state index contributed by atoms with van der Waals surface area (Å²) < 4.78 is 2.07. The van der Waals surface area contributed by atoms with Crippen LogP contribution in [0.4, 0.5) is 0 Å². The highest BCUT2D eigenvalue weighted by Gasteiger charge is 2.25. The number of hydrogen-bond donors (Lipinski definition) is 1. The highest BCUT2D eigenvalue weighted by molar-refractivity contribution is 5.94. The summed E-state index contributed by atoms with van der Waals surface area (Å²) in [5.74, 6) is 0.0597. The smallest absolute Gasteiger partial charge is 0.274 e. The average Bonchev–Trinajstić information content (AvgIpc) is 3.13. The Morgan fingerprint density at radius 1 is 1.21 bits per heavy atom. The highest BCUT2D eigenvalue weighted by Crippen LogP contribution is 2.20. The van der Waals surface area contributed by atoms with Gasteiger partial charge in [-0.25, -0.2) is 4.98 Å². The molecule has 0 radical (unpaired) electrons. The zero-order chi connectivity index (χ0) is 20.2. The minimum Gasteiger partial charge on any atom is -0.337 e.